The lowest BCUT2D eigenvalue weighted by Gasteiger charge is -2.42. The van der Waals surface area contributed by atoms with Crippen LogP contribution in [0.2, 0.25) is 0 Å². The molecule has 0 aliphatic carbocycles. The Labute approximate surface area is 164 Å². The van der Waals surface area contributed by atoms with Gasteiger partial charge in [0.15, 0.2) is 5.79 Å². The van der Waals surface area contributed by atoms with Crippen molar-refractivity contribution in [1.82, 2.24) is 24.2 Å². The molecule has 4 heterocycles. The summed E-state index contributed by atoms with van der Waals surface area (Å²) in [6.07, 6.45) is 7.17. The third-order valence-electron chi connectivity index (χ3n) is 4.83. The molecule has 10 heteroatoms. The predicted octanol–water partition coefficient (Wildman–Crippen LogP) is 0.511. The monoisotopic (exact) mass is 405 g/mol. The first-order chi connectivity index (χ1) is 13.6. The molecular weight excluding hydrogens is 382 g/mol. The molecule has 0 aromatic carbocycles. The molecule has 1 unspecified atom stereocenters. The van der Waals surface area contributed by atoms with E-state index in [2.05, 4.69) is 19.9 Å². The van der Waals surface area contributed by atoms with Crippen LogP contribution in [0.25, 0.3) is 0 Å². The molecule has 2 aliphatic heterocycles. The van der Waals surface area contributed by atoms with Crippen molar-refractivity contribution in [3.05, 3.63) is 48.8 Å². The molecular formula is C18H23N5O4S. The van der Waals surface area contributed by atoms with E-state index in [0.717, 1.165) is 18.8 Å². The van der Waals surface area contributed by atoms with Crippen molar-refractivity contribution in [2.75, 3.05) is 39.4 Å². The molecule has 0 bridgehead atoms. The fraction of sp³-hybridized carbons (Fsp3) is 0.500. The molecule has 150 valence electrons. The molecule has 1 spiro atoms. The topological polar surface area (TPSA) is 97.8 Å². The van der Waals surface area contributed by atoms with Crippen molar-refractivity contribution in [1.29, 1.82) is 0 Å². The summed E-state index contributed by atoms with van der Waals surface area (Å²) in [7, 11) is -3.66. The second-order valence-electron chi connectivity index (χ2n) is 6.86. The predicted molar refractivity (Wildman–Crippen MR) is 99.6 cm³/mol. The number of morpholine rings is 1. The minimum atomic E-state index is -3.66. The number of pyridine rings is 1. The molecule has 2 fully saturated rings. The van der Waals surface area contributed by atoms with E-state index in [4.69, 9.17) is 9.47 Å². The lowest BCUT2D eigenvalue weighted by Crippen LogP contribution is -2.59. The highest BCUT2D eigenvalue weighted by Crippen LogP contribution is 2.28. The molecule has 2 aromatic heterocycles. The highest BCUT2D eigenvalue weighted by Gasteiger charge is 2.44. The summed E-state index contributed by atoms with van der Waals surface area (Å²) in [4.78, 5) is 14.8. The van der Waals surface area contributed by atoms with Crippen molar-refractivity contribution in [2.45, 2.75) is 23.6 Å². The molecule has 1 atom stereocenters. The van der Waals surface area contributed by atoms with Gasteiger partial charge in [0.25, 0.3) is 0 Å². The normalized spacial score (nSPS) is 24.9. The van der Waals surface area contributed by atoms with Crippen LogP contribution in [0.5, 0.6) is 0 Å². The minimum Gasteiger partial charge on any atom is -0.347 e. The standard InChI is InChI=1S/C18H23N5O4S/c24-28(25,16-4-1-5-19-12-16)23-9-11-27-18(15-23)14-22(8-3-10-26-18)13-17-20-6-2-7-21-17/h1-2,4-7,12H,3,8-11,13-15H2. The fourth-order valence-corrected chi connectivity index (χ4v) is 4.95. The number of ether oxygens (including phenoxy) is 2. The lowest BCUT2D eigenvalue weighted by molar-refractivity contribution is -0.257. The van der Waals surface area contributed by atoms with Crippen LogP contribution in [-0.2, 0) is 26.0 Å². The summed E-state index contributed by atoms with van der Waals surface area (Å²) in [6.45, 7) is 3.01. The van der Waals surface area contributed by atoms with E-state index in [1.165, 1.54) is 10.5 Å². The van der Waals surface area contributed by atoms with E-state index in [0.29, 0.717) is 19.7 Å². The maximum Gasteiger partial charge on any atom is 0.244 e. The third-order valence-corrected chi connectivity index (χ3v) is 6.66. The van der Waals surface area contributed by atoms with E-state index in [-0.39, 0.29) is 24.6 Å². The number of nitrogens with zero attached hydrogens (tertiary/aromatic N) is 5. The van der Waals surface area contributed by atoms with Gasteiger partial charge in [0.1, 0.15) is 10.7 Å². The Morgan fingerprint density at radius 3 is 2.64 bits per heavy atom. The van der Waals surface area contributed by atoms with Gasteiger partial charge in [-0.3, -0.25) is 9.88 Å². The maximum absolute atomic E-state index is 13.0. The molecule has 2 aromatic rings. The van der Waals surface area contributed by atoms with Crippen LogP contribution in [0.1, 0.15) is 12.2 Å². The Bertz CT molecular complexity index is 883. The summed E-state index contributed by atoms with van der Waals surface area (Å²) in [6, 6.07) is 4.95. The van der Waals surface area contributed by atoms with Crippen LogP contribution in [0.3, 0.4) is 0 Å². The summed E-state index contributed by atoms with van der Waals surface area (Å²) in [5, 5.41) is 0. The number of aromatic nitrogens is 3. The minimum absolute atomic E-state index is 0.135. The first kappa shape index (κ1) is 19.3. The Kier molecular flexibility index (Phi) is 5.65. The largest absolute Gasteiger partial charge is 0.347 e. The number of sulfonamides is 1. The molecule has 2 aliphatic rings. The average molecular weight is 405 g/mol. The van der Waals surface area contributed by atoms with Gasteiger partial charge < -0.3 is 9.47 Å². The van der Waals surface area contributed by atoms with E-state index >= 15 is 0 Å². The Balaban J connectivity index is 1.52. The van der Waals surface area contributed by atoms with Gasteiger partial charge in [0.05, 0.1) is 32.8 Å². The lowest BCUT2D eigenvalue weighted by atomic mass is 10.2. The molecule has 0 amide bonds. The Hall–Kier alpha value is -1.98. The molecule has 4 rings (SSSR count). The van der Waals surface area contributed by atoms with Crippen LogP contribution < -0.4 is 0 Å². The van der Waals surface area contributed by atoms with Gasteiger partial charge in [-0.05, 0) is 24.6 Å². The summed E-state index contributed by atoms with van der Waals surface area (Å²) in [5.74, 6) is -0.283. The van der Waals surface area contributed by atoms with E-state index in [1.54, 1.807) is 36.8 Å². The Morgan fingerprint density at radius 1 is 1.04 bits per heavy atom. The van der Waals surface area contributed by atoms with Gasteiger partial charge in [0.2, 0.25) is 10.0 Å². The van der Waals surface area contributed by atoms with E-state index < -0.39 is 15.8 Å². The van der Waals surface area contributed by atoms with Crippen molar-refractivity contribution in [3.63, 3.8) is 0 Å². The average Bonchev–Trinajstić information content (AvgIpc) is 2.91. The SMILES string of the molecule is O=S(=O)(c1cccnc1)N1CCOC2(CN(Cc3ncccn3)CCCO2)C1. The van der Waals surface area contributed by atoms with Gasteiger partial charge in [-0.15, -0.1) is 0 Å². The van der Waals surface area contributed by atoms with Gasteiger partial charge in [0, 0.05) is 37.9 Å². The fourth-order valence-electron chi connectivity index (χ4n) is 3.52. The van der Waals surface area contributed by atoms with Crippen LogP contribution in [0, 0.1) is 0 Å². The molecule has 9 nitrogen and oxygen atoms in total. The molecule has 0 radical (unpaired) electrons. The second kappa shape index (κ2) is 8.18. The first-order valence-electron chi connectivity index (χ1n) is 9.24. The highest BCUT2D eigenvalue weighted by molar-refractivity contribution is 7.89. The molecule has 28 heavy (non-hydrogen) atoms. The van der Waals surface area contributed by atoms with Crippen LogP contribution in [0.4, 0.5) is 0 Å². The Morgan fingerprint density at radius 2 is 1.86 bits per heavy atom. The van der Waals surface area contributed by atoms with Crippen LogP contribution in [0.15, 0.2) is 47.9 Å². The zero-order valence-corrected chi connectivity index (χ0v) is 16.3. The van der Waals surface area contributed by atoms with Gasteiger partial charge in [-0.2, -0.15) is 4.31 Å². The molecule has 2 saturated heterocycles. The second-order valence-corrected chi connectivity index (χ2v) is 8.80. The van der Waals surface area contributed by atoms with Crippen molar-refractivity contribution in [3.8, 4) is 0 Å². The quantitative estimate of drug-likeness (QED) is 0.726. The van der Waals surface area contributed by atoms with Crippen molar-refractivity contribution >= 4 is 10.0 Å². The van der Waals surface area contributed by atoms with E-state index in [1.807, 2.05) is 0 Å². The van der Waals surface area contributed by atoms with Gasteiger partial charge >= 0.3 is 0 Å². The van der Waals surface area contributed by atoms with Crippen molar-refractivity contribution in [2.24, 2.45) is 0 Å². The zero-order valence-electron chi connectivity index (χ0n) is 15.5. The molecule has 0 saturated carbocycles. The van der Waals surface area contributed by atoms with Crippen molar-refractivity contribution < 1.29 is 17.9 Å². The number of hydrogen-bond acceptors (Lipinski definition) is 8. The van der Waals surface area contributed by atoms with Gasteiger partial charge in [-0.1, -0.05) is 0 Å². The highest BCUT2D eigenvalue weighted by atomic mass is 32.2. The van der Waals surface area contributed by atoms with Crippen LogP contribution >= 0.6 is 0 Å². The van der Waals surface area contributed by atoms with E-state index in [9.17, 15) is 8.42 Å². The number of rotatable bonds is 4. The van der Waals surface area contributed by atoms with Gasteiger partial charge in [-0.25, -0.2) is 18.4 Å². The zero-order chi connectivity index (χ0) is 19.5. The first-order valence-corrected chi connectivity index (χ1v) is 10.7. The van der Waals surface area contributed by atoms with Crippen LogP contribution in [-0.4, -0.2) is 77.8 Å². The molecule has 0 N–H and O–H groups in total. The third kappa shape index (κ3) is 4.20. The summed E-state index contributed by atoms with van der Waals surface area (Å²) >= 11 is 0. The maximum atomic E-state index is 13.0. The summed E-state index contributed by atoms with van der Waals surface area (Å²) < 4.78 is 39.5. The number of hydrogen-bond donors (Lipinski definition) is 0. The summed E-state index contributed by atoms with van der Waals surface area (Å²) in [5.41, 5.74) is 0. The smallest absolute Gasteiger partial charge is 0.244 e.